The first-order valence-electron chi connectivity index (χ1n) is 9.25. The Balaban J connectivity index is 1.82. The highest BCUT2D eigenvalue weighted by Gasteiger charge is 2.25. The second-order valence-electron chi connectivity index (χ2n) is 6.76. The van der Waals surface area contributed by atoms with Crippen LogP contribution >= 0.6 is 0 Å². The largest absolute Gasteiger partial charge is 0.314 e. The summed E-state index contributed by atoms with van der Waals surface area (Å²) in [5.41, 5.74) is 7.29. The maximum Gasteiger partial charge on any atom is 0.0458 e. The number of rotatable bonds is 4. The summed E-state index contributed by atoms with van der Waals surface area (Å²) in [6.07, 6.45) is 11.4. The Morgan fingerprint density at radius 3 is 1.88 bits per heavy atom. The van der Waals surface area contributed by atoms with Crippen LogP contribution in [0.2, 0.25) is 0 Å². The predicted molar refractivity (Wildman–Crippen MR) is 102 cm³/mol. The first-order valence-corrected chi connectivity index (χ1v) is 9.25. The number of allylic oxidation sites excluding steroid dienone is 4. The van der Waals surface area contributed by atoms with Gasteiger partial charge < -0.3 is 4.90 Å². The van der Waals surface area contributed by atoms with Crippen molar-refractivity contribution in [2.75, 3.05) is 4.90 Å². The standard InChI is InChI=1S/C23H25N/c1-4-11-19(12-5-1)22-17-10-18-23(22)24(20-13-6-2-7-14-20)21-15-8-3-9-16-21/h2-3,6-9,11,13-16H,1,4-5,10,12,17-18H2. The third kappa shape index (κ3) is 3.03. The van der Waals surface area contributed by atoms with Crippen molar-refractivity contribution >= 4 is 11.4 Å². The van der Waals surface area contributed by atoms with Crippen molar-refractivity contribution in [3.05, 3.63) is 83.6 Å². The van der Waals surface area contributed by atoms with Crippen LogP contribution in [0.4, 0.5) is 11.4 Å². The molecular weight excluding hydrogens is 290 g/mol. The van der Waals surface area contributed by atoms with Crippen LogP contribution in [-0.2, 0) is 0 Å². The van der Waals surface area contributed by atoms with E-state index < -0.39 is 0 Å². The molecule has 0 unspecified atom stereocenters. The predicted octanol–water partition coefficient (Wildman–Crippen LogP) is 6.76. The Morgan fingerprint density at radius 2 is 1.29 bits per heavy atom. The van der Waals surface area contributed by atoms with Crippen molar-refractivity contribution in [3.63, 3.8) is 0 Å². The molecule has 0 N–H and O–H groups in total. The van der Waals surface area contributed by atoms with Crippen LogP contribution in [-0.4, -0.2) is 0 Å². The summed E-state index contributed by atoms with van der Waals surface area (Å²) in [6, 6.07) is 21.7. The Kier molecular flexibility index (Phi) is 4.51. The highest BCUT2D eigenvalue weighted by Crippen LogP contribution is 2.42. The Bertz CT molecular complexity index is 701. The second-order valence-corrected chi connectivity index (χ2v) is 6.76. The summed E-state index contributed by atoms with van der Waals surface area (Å²) >= 11 is 0. The molecule has 4 rings (SSSR count). The minimum Gasteiger partial charge on any atom is -0.314 e. The maximum atomic E-state index is 2.50. The minimum atomic E-state index is 1.18. The number of benzene rings is 2. The van der Waals surface area contributed by atoms with E-state index in [1.165, 1.54) is 62.0 Å². The molecule has 1 heteroatoms. The number of para-hydroxylation sites is 2. The zero-order chi connectivity index (χ0) is 16.2. The van der Waals surface area contributed by atoms with E-state index in [1.807, 2.05) is 0 Å². The van der Waals surface area contributed by atoms with E-state index in [1.54, 1.807) is 11.1 Å². The fraction of sp³-hybridized carbons (Fsp3) is 0.304. The van der Waals surface area contributed by atoms with Gasteiger partial charge in [0.2, 0.25) is 0 Å². The average Bonchev–Trinajstić information content (AvgIpc) is 3.14. The molecule has 122 valence electrons. The average molecular weight is 315 g/mol. The van der Waals surface area contributed by atoms with Gasteiger partial charge in [-0.3, -0.25) is 0 Å². The lowest BCUT2D eigenvalue weighted by Gasteiger charge is -2.29. The monoisotopic (exact) mass is 315 g/mol. The van der Waals surface area contributed by atoms with Crippen LogP contribution in [0, 0.1) is 0 Å². The smallest absolute Gasteiger partial charge is 0.0458 e. The molecule has 0 radical (unpaired) electrons. The van der Waals surface area contributed by atoms with Gasteiger partial charge in [-0.1, -0.05) is 42.5 Å². The van der Waals surface area contributed by atoms with Gasteiger partial charge in [-0.15, -0.1) is 0 Å². The van der Waals surface area contributed by atoms with Gasteiger partial charge in [-0.05, 0) is 80.4 Å². The summed E-state index contributed by atoms with van der Waals surface area (Å²) in [7, 11) is 0. The summed E-state index contributed by atoms with van der Waals surface area (Å²) < 4.78 is 0. The molecule has 0 aliphatic heterocycles. The summed E-state index contributed by atoms with van der Waals surface area (Å²) in [5, 5.41) is 0. The number of anilines is 2. The quantitative estimate of drug-likeness (QED) is 0.602. The topological polar surface area (TPSA) is 3.24 Å². The zero-order valence-electron chi connectivity index (χ0n) is 14.2. The van der Waals surface area contributed by atoms with E-state index in [-0.39, 0.29) is 0 Å². The van der Waals surface area contributed by atoms with Gasteiger partial charge in [0.1, 0.15) is 0 Å². The van der Waals surface area contributed by atoms with Crippen molar-refractivity contribution < 1.29 is 0 Å². The van der Waals surface area contributed by atoms with Gasteiger partial charge in [0, 0.05) is 17.1 Å². The summed E-state index contributed by atoms with van der Waals surface area (Å²) in [4.78, 5) is 2.48. The molecule has 0 fully saturated rings. The van der Waals surface area contributed by atoms with Crippen LogP contribution in [0.1, 0.15) is 44.9 Å². The molecule has 2 aromatic rings. The normalized spacial score (nSPS) is 17.8. The SMILES string of the molecule is C1=C(C2=C(N(c3ccccc3)c3ccccc3)CCC2)CCCC1. The fourth-order valence-electron chi connectivity index (χ4n) is 4.05. The van der Waals surface area contributed by atoms with Crippen LogP contribution < -0.4 is 4.90 Å². The van der Waals surface area contributed by atoms with Gasteiger partial charge >= 0.3 is 0 Å². The third-order valence-corrected chi connectivity index (χ3v) is 5.17. The highest BCUT2D eigenvalue weighted by molar-refractivity contribution is 5.70. The maximum absolute atomic E-state index is 2.50. The molecule has 0 amide bonds. The first kappa shape index (κ1) is 15.3. The van der Waals surface area contributed by atoms with E-state index in [0.717, 1.165) is 0 Å². The minimum absolute atomic E-state index is 1.18. The molecule has 0 aromatic heterocycles. The molecular formula is C23H25N. The van der Waals surface area contributed by atoms with Crippen molar-refractivity contribution in [1.82, 2.24) is 0 Å². The Morgan fingerprint density at radius 1 is 0.625 bits per heavy atom. The molecule has 2 aromatic carbocycles. The lowest BCUT2D eigenvalue weighted by molar-refractivity contribution is 0.700. The fourth-order valence-corrected chi connectivity index (χ4v) is 4.05. The molecule has 2 aliphatic carbocycles. The molecule has 1 nitrogen and oxygen atoms in total. The molecule has 0 saturated heterocycles. The summed E-state index contributed by atoms with van der Waals surface area (Å²) in [6.45, 7) is 0. The first-order chi connectivity index (χ1) is 11.9. The molecule has 24 heavy (non-hydrogen) atoms. The van der Waals surface area contributed by atoms with Crippen molar-refractivity contribution in [2.24, 2.45) is 0 Å². The summed E-state index contributed by atoms with van der Waals surface area (Å²) in [5.74, 6) is 0. The molecule has 0 bridgehead atoms. The van der Waals surface area contributed by atoms with Crippen molar-refractivity contribution in [2.45, 2.75) is 44.9 Å². The van der Waals surface area contributed by atoms with Crippen LogP contribution in [0.5, 0.6) is 0 Å². The van der Waals surface area contributed by atoms with E-state index >= 15 is 0 Å². The van der Waals surface area contributed by atoms with Crippen LogP contribution in [0.15, 0.2) is 83.6 Å². The zero-order valence-corrected chi connectivity index (χ0v) is 14.2. The van der Waals surface area contributed by atoms with E-state index in [4.69, 9.17) is 0 Å². The van der Waals surface area contributed by atoms with Gasteiger partial charge in [0.25, 0.3) is 0 Å². The van der Waals surface area contributed by atoms with Crippen molar-refractivity contribution in [1.29, 1.82) is 0 Å². The second kappa shape index (κ2) is 7.09. The van der Waals surface area contributed by atoms with Gasteiger partial charge in [-0.2, -0.15) is 0 Å². The molecule has 0 heterocycles. The highest BCUT2D eigenvalue weighted by atomic mass is 15.2. The Hall–Kier alpha value is -2.28. The lowest BCUT2D eigenvalue weighted by Crippen LogP contribution is -2.17. The van der Waals surface area contributed by atoms with Gasteiger partial charge in [0.05, 0.1) is 0 Å². The van der Waals surface area contributed by atoms with E-state index in [2.05, 4.69) is 71.6 Å². The molecule has 0 atom stereocenters. The lowest BCUT2D eigenvalue weighted by atomic mass is 9.92. The third-order valence-electron chi connectivity index (χ3n) is 5.17. The number of hydrogen-bond donors (Lipinski definition) is 0. The number of nitrogens with zero attached hydrogens (tertiary/aromatic N) is 1. The van der Waals surface area contributed by atoms with Gasteiger partial charge in [0.15, 0.2) is 0 Å². The van der Waals surface area contributed by atoms with Gasteiger partial charge in [-0.25, -0.2) is 0 Å². The van der Waals surface area contributed by atoms with Crippen LogP contribution in [0.3, 0.4) is 0 Å². The Labute approximate surface area is 145 Å². The van der Waals surface area contributed by atoms with E-state index in [9.17, 15) is 0 Å². The van der Waals surface area contributed by atoms with Crippen molar-refractivity contribution in [3.8, 4) is 0 Å². The van der Waals surface area contributed by atoms with E-state index in [0.29, 0.717) is 0 Å². The molecule has 2 aliphatic rings. The molecule has 0 spiro atoms. The van der Waals surface area contributed by atoms with Crippen LogP contribution in [0.25, 0.3) is 0 Å². The molecule has 0 saturated carbocycles. The number of hydrogen-bond acceptors (Lipinski definition) is 1.